The number of nitrogens with one attached hydrogen (secondary N) is 1. The van der Waals surface area contributed by atoms with Crippen LogP contribution in [-0.2, 0) is 11.3 Å². The normalized spacial score (nSPS) is 18.9. The SMILES string of the molecule is Cc1ccc(-c2noc(CN3CCN([C@@H](C)C(=O)NCCC4=CCCCC4)CC3)n2)cc1. The molecule has 0 saturated carbocycles. The highest BCUT2D eigenvalue weighted by Gasteiger charge is 2.26. The third kappa shape index (κ3) is 6.04. The first kappa shape index (κ1) is 22.7. The van der Waals surface area contributed by atoms with Crippen molar-refractivity contribution in [3.63, 3.8) is 0 Å². The molecule has 2 heterocycles. The first-order chi connectivity index (χ1) is 15.6. The van der Waals surface area contributed by atoms with E-state index in [-0.39, 0.29) is 11.9 Å². The average molecular weight is 438 g/mol. The van der Waals surface area contributed by atoms with E-state index in [4.69, 9.17) is 4.52 Å². The van der Waals surface area contributed by atoms with Crippen LogP contribution in [0.4, 0.5) is 0 Å². The largest absolute Gasteiger partial charge is 0.354 e. The molecule has 1 aliphatic heterocycles. The van der Waals surface area contributed by atoms with Crippen molar-refractivity contribution >= 4 is 5.91 Å². The summed E-state index contributed by atoms with van der Waals surface area (Å²) in [5, 5.41) is 7.26. The van der Waals surface area contributed by atoms with Gasteiger partial charge in [-0.2, -0.15) is 4.98 Å². The minimum absolute atomic E-state index is 0.103. The third-order valence-electron chi connectivity index (χ3n) is 6.60. The van der Waals surface area contributed by atoms with Crippen LogP contribution in [0.25, 0.3) is 11.4 Å². The maximum atomic E-state index is 12.6. The van der Waals surface area contributed by atoms with Crippen molar-refractivity contribution in [2.24, 2.45) is 0 Å². The topological polar surface area (TPSA) is 74.5 Å². The van der Waals surface area contributed by atoms with E-state index in [1.807, 2.05) is 19.1 Å². The van der Waals surface area contributed by atoms with Crippen molar-refractivity contribution in [3.8, 4) is 11.4 Å². The number of hydrogen-bond donors (Lipinski definition) is 1. The lowest BCUT2D eigenvalue weighted by Crippen LogP contribution is -2.53. The van der Waals surface area contributed by atoms with Crippen LogP contribution in [0, 0.1) is 6.92 Å². The monoisotopic (exact) mass is 437 g/mol. The molecule has 32 heavy (non-hydrogen) atoms. The van der Waals surface area contributed by atoms with Crippen LogP contribution >= 0.6 is 0 Å². The molecular formula is C25H35N5O2. The fraction of sp³-hybridized carbons (Fsp3) is 0.560. The fourth-order valence-electron chi connectivity index (χ4n) is 4.43. The highest BCUT2D eigenvalue weighted by molar-refractivity contribution is 5.81. The predicted molar refractivity (Wildman–Crippen MR) is 125 cm³/mol. The van der Waals surface area contributed by atoms with Crippen LogP contribution in [0.15, 0.2) is 40.4 Å². The fourth-order valence-corrected chi connectivity index (χ4v) is 4.43. The molecule has 0 unspecified atom stereocenters. The van der Waals surface area contributed by atoms with Crippen LogP contribution in [0.2, 0.25) is 0 Å². The van der Waals surface area contributed by atoms with Gasteiger partial charge in [0, 0.05) is 38.3 Å². The zero-order valence-corrected chi connectivity index (χ0v) is 19.3. The molecule has 1 fully saturated rings. The van der Waals surface area contributed by atoms with Crippen LogP contribution < -0.4 is 5.32 Å². The zero-order chi connectivity index (χ0) is 22.3. The van der Waals surface area contributed by atoms with Gasteiger partial charge in [-0.05, 0) is 46.0 Å². The van der Waals surface area contributed by atoms with Crippen molar-refractivity contribution in [1.82, 2.24) is 25.3 Å². The summed E-state index contributed by atoms with van der Waals surface area (Å²) in [6, 6.07) is 8.03. The maximum Gasteiger partial charge on any atom is 0.241 e. The summed E-state index contributed by atoms with van der Waals surface area (Å²) in [7, 11) is 0. The Morgan fingerprint density at radius 2 is 1.94 bits per heavy atom. The Morgan fingerprint density at radius 3 is 2.66 bits per heavy atom. The minimum Gasteiger partial charge on any atom is -0.354 e. The van der Waals surface area contributed by atoms with Gasteiger partial charge in [-0.3, -0.25) is 14.6 Å². The Hall–Kier alpha value is -2.51. The summed E-state index contributed by atoms with van der Waals surface area (Å²) in [6.45, 7) is 8.94. The third-order valence-corrected chi connectivity index (χ3v) is 6.60. The molecule has 1 aliphatic carbocycles. The van der Waals surface area contributed by atoms with Crippen molar-refractivity contribution in [2.75, 3.05) is 32.7 Å². The second kappa shape index (κ2) is 10.9. The Labute approximate surface area is 190 Å². The second-order valence-electron chi connectivity index (χ2n) is 9.02. The van der Waals surface area contributed by atoms with E-state index in [2.05, 4.69) is 50.4 Å². The van der Waals surface area contributed by atoms with Gasteiger partial charge in [0.1, 0.15) is 0 Å². The molecule has 4 rings (SSSR count). The van der Waals surface area contributed by atoms with E-state index in [0.29, 0.717) is 18.3 Å². The Bertz CT molecular complexity index is 913. The van der Waals surface area contributed by atoms with Crippen molar-refractivity contribution in [1.29, 1.82) is 0 Å². The molecule has 1 amide bonds. The lowest BCUT2D eigenvalue weighted by atomic mass is 9.97. The van der Waals surface area contributed by atoms with E-state index in [0.717, 1.165) is 44.7 Å². The van der Waals surface area contributed by atoms with E-state index in [1.165, 1.54) is 36.8 Å². The number of piperazine rings is 1. The first-order valence-corrected chi connectivity index (χ1v) is 11.9. The standard InChI is InChI=1S/C25H35N5O2/c1-19-8-10-22(11-9-19)24-27-23(32-28-24)18-29-14-16-30(17-15-29)20(2)25(31)26-13-12-21-6-4-3-5-7-21/h6,8-11,20H,3-5,7,12-18H2,1-2H3,(H,26,31)/t20-/m0/s1. The number of carbonyl (C=O) groups is 1. The number of rotatable bonds is 8. The molecule has 2 aromatic rings. The van der Waals surface area contributed by atoms with Gasteiger partial charge in [0.2, 0.25) is 17.6 Å². The van der Waals surface area contributed by atoms with Gasteiger partial charge < -0.3 is 9.84 Å². The molecule has 1 atom stereocenters. The number of aryl methyl sites for hydroxylation is 1. The summed E-state index contributed by atoms with van der Waals surface area (Å²) in [5.41, 5.74) is 3.68. The number of allylic oxidation sites excluding steroid dienone is 1. The molecule has 2 aliphatic rings. The quantitative estimate of drug-likeness (QED) is 0.637. The molecule has 0 spiro atoms. The zero-order valence-electron chi connectivity index (χ0n) is 19.3. The molecule has 7 nitrogen and oxygen atoms in total. The molecule has 1 aromatic carbocycles. The van der Waals surface area contributed by atoms with Crippen molar-refractivity contribution in [2.45, 2.75) is 58.5 Å². The Morgan fingerprint density at radius 1 is 1.16 bits per heavy atom. The number of carbonyl (C=O) groups excluding carboxylic acids is 1. The molecule has 0 bridgehead atoms. The lowest BCUT2D eigenvalue weighted by Gasteiger charge is -2.36. The molecule has 1 aromatic heterocycles. The van der Waals surface area contributed by atoms with Gasteiger partial charge in [0.15, 0.2) is 0 Å². The summed E-state index contributed by atoms with van der Waals surface area (Å²) < 4.78 is 5.47. The molecule has 1 N–H and O–H groups in total. The molecular weight excluding hydrogens is 402 g/mol. The van der Waals surface area contributed by atoms with E-state index < -0.39 is 0 Å². The molecule has 0 radical (unpaired) electrons. The van der Waals surface area contributed by atoms with Gasteiger partial charge in [-0.1, -0.05) is 46.6 Å². The number of amides is 1. The average Bonchev–Trinajstić information content (AvgIpc) is 3.28. The van der Waals surface area contributed by atoms with Crippen LogP contribution in [0.5, 0.6) is 0 Å². The van der Waals surface area contributed by atoms with Gasteiger partial charge in [0.05, 0.1) is 12.6 Å². The minimum atomic E-state index is -0.103. The summed E-state index contributed by atoms with van der Waals surface area (Å²) in [5.74, 6) is 1.40. The van der Waals surface area contributed by atoms with E-state index in [9.17, 15) is 4.79 Å². The second-order valence-corrected chi connectivity index (χ2v) is 9.02. The summed E-state index contributed by atoms with van der Waals surface area (Å²) >= 11 is 0. The van der Waals surface area contributed by atoms with Crippen molar-refractivity contribution in [3.05, 3.63) is 47.4 Å². The molecule has 7 heteroatoms. The Balaban J connectivity index is 1.19. The van der Waals surface area contributed by atoms with Gasteiger partial charge in [0.25, 0.3) is 0 Å². The number of nitrogens with zero attached hydrogens (tertiary/aromatic N) is 4. The number of benzene rings is 1. The van der Waals surface area contributed by atoms with Crippen LogP contribution in [0.3, 0.4) is 0 Å². The van der Waals surface area contributed by atoms with E-state index >= 15 is 0 Å². The molecule has 1 saturated heterocycles. The lowest BCUT2D eigenvalue weighted by molar-refractivity contribution is -0.126. The predicted octanol–water partition coefficient (Wildman–Crippen LogP) is 3.56. The van der Waals surface area contributed by atoms with Gasteiger partial charge in [-0.15, -0.1) is 0 Å². The van der Waals surface area contributed by atoms with Crippen LogP contribution in [0.1, 0.15) is 50.5 Å². The summed E-state index contributed by atoms with van der Waals surface area (Å²) in [6.07, 6.45) is 8.32. The number of hydrogen-bond acceptors (Lipinski definition) is 6. The van der Waals surface area contributed by atoms with Gasteiger partial charge in [-0.25, -0.2) is 0 Å². The van der Waals surface area contributed by atoms with Gasteiger partial charge >= 0.3 is 0 Å². The Kier molecular flexibility index (Phi) is 7.71. The highest BCUT2D eigenvalue weighted by Crippen LogP contribution is 2.20. The smallest absolute Gasteiger partial charge is 0.241 e. The maximum absolute atomic E-state index is 12.6. The number of aromatic nitrogens is 2. The summed E-state index contributed by atoms with van der Waals surface area (Å²) in [4.78, 5) is 21.7. The molecule has 172 valence electrons. The highest BCUT2D eigenvalue weighted by atomic mass is 16.5. The van der Waals surface area contributed by atoms with Crippen molar-refractivity contribution < 1.29 is 9.32 Å². The first-order valence-electron chi connectivity index (χ1n) is 11.9. The van der Waals surface area contributed by atoms with E-state index in [1.54, 1.807) is 0 Å². The van der Waals surface area contributed by atoms with Crippen LogP contribution in [-0.4, -0.2) is 64.6 Å².